The first-order valence-electron chi connectivity index (χ1n) is 7.22. The summed E-state index contributed by atoms with van der Waals surface area (Å²) >= 11 is 0. The SMILES string of the molecule is Cc1ccc(S(=O)(=O)Nc2cccc3c2NCCNC3=O)cc1. The molecule has 1 heterocycles. The van der Waals surface area contributed by atoms with Gasteiger partial charge in [0.2, 0.25) is 0 Å². The Bertz CT molecular complexity index is 845. The maximum Gasteiger partial charge on any atom is 0.261 e. The fourth-order valence-electron chi connectivity index (χ4n) is 2.40. The van der Waals surface area contributed by atoms with E-state index in [1.165, 1.54) is 0 Å². The molecule has 2 aromatic rings. The zero-order chi connectivity index (χ0) is 16.4. The number of amides is 1. The molecule has 0 fully saturated rings. The number of aryl methyl sites for hydroxylation is 1. The van der Waals surface area contributed by atoms with Crippen LogP contribution in [0.2, 0.25) is 0 Å². The summed E-state index contributed by atoms with van der Waals surface area (Å²) in [5.41, 5.74) is 2.26. The number of carbonyl (C=O) groups excluding carboxylic acids is 1. The van der Waals surface area contributed by atoms with Gasteiger partial charge in [-0.3, -0.25) is 9.52 Å². The summed E-state index contributed by atoms with van der Waals surface area (Å²) in [6.07, 6.45) is 0. The molecule has 2 aromatic carbocycles. The minimum atomic E-state index is -3.71. The minimum Gasteiger partial charge on any atom is -0.381 e. The second-order valence-corrected chi connectivity index (χ2v) is 7.01. The number of carbonyl (C=O) groups is 1. The number of hydrogen-bond acceptors (Lipinski definition) is 4. The third-order valence-electron chi connectivity index (χ3n) is 3.60. The molecule has 0 saturated heterocycles. The molecule has 0 atom stereocenters. The van der Waals surface area contributed by atoms with Crippen LogP contribution in [0.4, 0.5) is 11.4 Å². The number of hydrogen-bond donors (Lipinski definition) is 3. The zero-order valence-corrected chi connectivity index (χ0v) is 13.4. The van der Waals surface area contributed by atoms with Crippen molar-refractivity contribution in [1.29, 1.82) is 0 Å². The molecule has 23 heavy (non-hydrogen) atoms. The third-order valence-corrected chi connectivity index (χ3v) is 4.98. The number of nitrogens with one attached hydrogen (secondary N) is 3. The summed E-state index contributed by atoms with van der Waals surface area (Å²) in [4.78, 5) is 12.2. The topological polar surface area (TPSA) is 87.3 Å². The minimum absolute atomic E-state index is 0.179. The fraction of sp³-hybridized carbons (Fsp3) is 0.188. The van der Waals surface area contributed by atoms with Gasteiger partial charge in [0.25, 0.3) is 15.9 Å². The van der Waals surface area contributed by atoms with E-state index in [0.29, 0.717) is 30.0 Å². The molecule has 0 saturated carbocycles. The summed E-state index contributed by atoms with van der Waals surface area (Å²) in [5, 5.41) is 5.85. The Morgan fingerprint density at radius 2 is 1.70 bits per heavy atom. The van der Waals surface area contributed by atoms with Crippen LogP contribution in [0.15, 0.2) is 47.4 Å². The van der Waals surface area contributed by atoms with E-state index < -0.39 is 10.0 Å². The summed E-state index contributed by atoms with van der Waals surface area (Å²) in [5.74, 6) is -0.221. The van der Waals surface area contributed by atoms with Crippen LogP contribution < -0.4 is 15.4 Å². The molecular formula is C16H17N3O3S. The molecule has 1 amide bonds. The van der Waals surface area contributed by atoms with Gasteiger partial charge in [0, 0.05) is 13.1 Å². The normalized spacial score (nSPS) is 14.2. The summed E-state index contributed by atoms with van der Waals surface area (Å²) in [6, 6.07) is 11.5. The first kappa shape index (κ1) is 15.4. The molecule has 1 aliphatic heterocycles. The van der Waals surface area contributed by atoms with E-state index in [-0.39, 0.29) is 10.8 Å². The molecule has 0 radical (unpaired) electrons. The van der Waals surface area contributed by atoms with Crippen molar-refractivity contribution in [1.82, 2.24) is 5.32 Å². The highest BCUT2D eigenvalue weighted by Crippen LogP contribution is 2.29. The molecule has 1 aliphatic rings. The predicted molar refractivity (Wildman–Crippen MR) is 89.3 cm³/mol. The lowest BCUT2D eigenvalue weighted by atomic mass is 10.1. The summed E-state index contributed by atoms with van der Waals surface area (Å²) in [6.45, 7) is 2.91. The Morgan fingerprint density at radius 1 is 1.00 bits per heavy atom. The quantitative estimate of drug-likeness (QED) is 0.802. The predicted octanol–water partition coefficient (Wildman–Crippen LogP) is 1.95. The van der Waals surface area contributed by atoms with Gasteiger partial charge in [-0.2, -0.15) is 0 Å². The van der Waals surface area contributed by atoms with Gasteiger partial charge in [-0.05, 0) is 31.2 Å². The molecule has 0 bridgehead atoms. The Balaban J connectivity index is 1.98. The lowest BCUT2D eigenvalue weighted by molar-refractivity contribution is 0.0958. The van der Waals surface area contributed by atoms with Crippen LogP contribution in [-0.2, 0) is 10.0 Å². The van der Waals surface area contributed by atoms with E-state index in [0.717, 1.165) is 5.56 Å². The van der Waals surface area contributed by atoms with Crippen molar-refractivity contribution >= 4 is 27.3 Å². The van der Waals surface area contributed by atoms with Crippen LogP contribution in [0.25, 0.3) is 0 Å². The van der Waals surface area contributed by atoms with E-state index >= 15 is 0 Å². The number of benzene rings is 2. The molecule has 0 aliphatic carbocycles. The standard InChI is InChI=1S/C16H17N3O3S/c1-11-5-7-12(8-6-11)23(21,22)19-14-4-2-3-13-15(14)17-9-10-18-16(13)20/h2-8,17,19H,9-10H2,1H3,(H,18,20). The monoisotopic (exact) mass is 331 g/mol. The van der Waals surface area contributed by atoms with E-state index in [2.05, 4.69) is 15.4 Å². The second-order valence-electron chi connectivity index (χ2n) is 5.33. The van der Waals surface area contributed by atoms with Crippen molar-refractivity contribution < 1.29 is 13.2 Å². The number of rotatable bonds is 3. The average Bonchev–Trinajstić information content (AvgIpc) is 2.70. The van der Waals surface area contributed by atoms with Crippen LogP contribution in [0.1, 0.15) is 15.9 Å². The highest BCUT2D eigenvalue weighted by Gasteiger charge is 2.21. The Morgan fingerprint density at radius 3 is 2.43 bits per heavy atom. The first-order valence-corrected chi connectivity index (χ1v) is 8.70. The van der Waals surface area contributed by atoms with E-state index in [9.17, 15) is 13.2 Å². The lowest BCUT2D eigenvalue weighted by Gasteiger charge is -2.14. The van der Waals surface area contributed by atoms with Crippen molar-refractivity contribution in [3.63, 3.8) is 0 Å². The Labute approximate surface area is 135 Å². The molecule has 0 aromatic heterocycles. The zero-order valence-electron chi connectivity index (χ0n) is 12.6. The van der Waals surface area contributed by atoms with Crippen LogP contribution in [-0.4, -0.2) is 27.4 Å². The second kappa shape index (κ2) is 5.92. The van der Waals surface area contributed by atoms with Crippen molar-refractivity contribution in [2.24, 2.45) is 0 Å². The molecule has 0 unspecified atom stereocenters. The van der Waals surface area contributed by atoms with Gasteiger partial charge in [0.05, 0.1) is 21.8 Å². The van der Waals surface area contributed by atoms with Gasteiger partial charge in [0.1, 0.15) is 0 Å². The Hall–Kier alpha value is -2.54. The number of sulfonamides is 1. The Kier molecular flexibility index (Phi) is 3.96. The van der Waals surface area contributed by atoms with E-state index in [4.69, 9.17) is 0 Å². The number of para-hydroxylation sites is 1. The highest BCUT2D eigenvalue weighted by molar-refractivity contribution is 7.92. The van der Waals surface area contributed by atoms with Crippen molar-refractivity contribution in [2.75, 3.05) is 23.1 Å². The summed E-state index contributed by atoms with van der Waals surface area (Å²) < 4.78 is 27.6. The van der Waals surface area contributed by atoms with Crippen molar-refractivity contribution in [2.45, 2.75) is 11.8 Å². The van der Waals surface area contributed by atoms with Gasteiger partial charge >= 0.3 is 0 Å². The average molecular weight is 331 g/mol. The maximum absolute atomic E-state index is 12.5. The fourth-order valence-corrected chi connectivity index (χ4v) is 3.47. The third kappa shape index (κ3) is 3.14. The largest absolute Gasteiger partial charge is 0.381 e. The summed E-state index contributed by atoms with van der Waals surface area (Å²) in [7, 11) is -3.71. The smallest absolute Gasteiger partial charge is 0.261 e. The molecule has 0 spiro atoms. The number of anilines is 2. The molecule has 7 heteroatoms. The van der Waals surface area contributed by atoms with Gasteiger partial charge in [-0.15, -0.1) is 0 Å². The van der Waals surface area contributed by atoms with Crippen molar-refractivity contribution in [3.05, 3.63) is 53.6 Å². The van der Waals surface area contributed by atoms with Crippen LogP contribution >= 0.6 is 0 Å². The maximum atomic E-state index is 12.5. The molecule has 3 rings (SSSR count). The molecular weight excluding hydrogens is 314 g/mol. The van der Waals surface area contributed by atoms with Crippen LogP contribution in [0.5, 0.6) is 0 Å². The van der Waals surface area contributed by atoms with Crippen molar-refractivity contribution in [3.8, 4) is 0 Å². The van der Waals surface area contributed by atoms with Gasteiger partial charge < -0.3 is 10.6 Å². The van der Waals surface area contributed by atoms with Gasteiger partial charge in [-0.1, -0.05) is 23.8 Å². The van der Waals surface area contributed by atoms with Crippen LogP contribution in [0, 0.1) is 6.92 Å². The lowest BCUT2D eigenvalue weighted by Crippen LogP contribution is -2.24. The molecule has 6 nitrogen and oxygen atoms in total. The molecule has 3 N–H and O–H groups in total. The van der Waals surface area contributed by atoms with Gasteiger partial charge in [-0.25, -0.2) is 8.42 Å². The van der Waals surface area contributed by atoms with Gasteiger partial charge in [0.15, 0.2) is 0 Å². The first-order chi connectivity index (χ1) is 11.0. The molecule has 120 valence electrons. The highest BCUT2D eigenvalue weighted by atomic mass is 32.2. The van der Waals surface area contributed by atoms with E-state index in [1.54, 1.807) is 42.5 Å². The van der Waals surface area contributed by atoms with E-state index in [1.807, 2.05) is 6.92 Å². The number of fused-ring (bicyclic) bond motifs is 1. The van der Waals surface area contributed by atoms with Crippen LogP contribution in [0.3, 0.4) is 0 Å².